The van der Waals surface area contributed by atoms with Gasteiger partial charge in [-0.25, -0.2) is 0 Å². The molecule has 0 bridgehead atoms. The molecule has 0 radical (unpaired) electrons. The summed E-state index contributed by atoms with van der Waals surface area (Å²) >= 11 is 0. The molecule has 0 fully saturated rings. The third kappa shape index (κ3) is 3.32. The maximum Gasteiger partial charge on any atom is -0.00637 e. The minimum atomic E-state index is 1.00. The van der Waals surface area contributed by atoms with Gasteiger partial charge in [0.1, 0.15) is 0 Å². The fraction of sp³-hybridized carbons (Fsp3) is 0.176. The van der Waals surface area contributed by atoms with Crippen LogP contribution in [0.2, 0.25) is 0 Å². The third-order valence-electron chi connectivity index (χ3n) is 2.91. The van der Waals surface area contributed by atoms with Crippen LogP contribution in [-0.4, -0.2) is 0 Å². The quantitative estimate of drug-likeness (QED) is 0.610. The van der Waals surface area contributed by atoms with E-state index >= 15 is 0 Å². The van der Waals surface area contributed by atoms with Gasteiger partial charge in [0.25, 0.3) is 0 Å². The van der Waals surface area contributed by atoms with E-state index in [1.807, 2.05) is 0 Å². The van der Waals surface area contributed by atoms with Gasteiger partial charge in [0.2, 0.25) is 0 Å². The van der Waals surface area contributed by atoms with E-state index in [1.54, 1.807) is 0 Å². The third-order valence-corrected chi connectivity index (χ3v) is 2.91. The first-order valence-corrected chi connectivity index (χ1v) is 6.02. The van der Waals surface area contributed by atoms with E-state index in [2.05, 4.69) is 68.1 Å². The SMILES string of the molecule is C=C1/C=C\C=C/Cc2ccccc2C/C(C)=C\1. The van der Waals surface area contributed by atoms with Crippen LogP contribution in [0.4, 0.5) is 0 Å². The van der Waals surface area contributed by atoms with Crippen LogP contribution in [0.25, 0.3) is 0 Å². The molecule has 1 aliphatic carbocycles. The van der Waals surface area contributed by atoms with Gasteiger partial charge in [0.05, 0.1) is 0 Å². The molecule has 0 aliphatic heterocycles. The molecule has 0 nitrogen and oxygen atoms in total. The van der Waals surface area contributed by atoms with Crippen LogP contribution in [0, 0.1) is 0 Å². The number of benzene rings is 1. The van der Waals surface area contributed by atoms with Crippen LogP contribution < -0.4 is 0 Å². The second kappa shape index (κ2) is 5.49. The summed E-state index contributed by atoms with van der Waals surface area (Å²) in [6.07, 6.45) is 12.6. The zero-order valence-corrected chi connectivity index (χ0v) is 10.3. The van der Waals surface area contributed by atoms with E-state index in [0.29, 0.717) is 0 Å². The zero-order chi connectivity index (χ0) is 12.1. The van der Waals surface area contributed by atoms with Gasteiger partial charge >= 0.3 is 0 Å². The van der Waals surface area contributed by atoms with Crippen molar-refractivity contribution in [3.05, 3.63) is 83.5 Å². The highest BCUT2D eigenvalue weighted by Crippen LogP contribution is 2.16. The van der Waals surface area contributed by atoms with E-state index < -0.39 is 0 Å². The molecule has 86 valence electrons. The Hall–Kier alpha value is -1.82. The van der Waals surface area contributed by atoms with Gasteiger partial charge in [-0.15, -0.1) is 0 Å². The Balaban J connectivity index is 2.38. The Kier molecular flexibility index (Phi) is 3.77. The fourth-order valence-corrected chi connectivity index (χ4v) is 2.10. The van der Waals surface area contributed by atoms with E-state index in [9.17, 15) is 0 Å². The van der Waals surface area contributed by atoms with Crippen molar-refractivity contribution in [2.24, 2.45) is 0 Å². The monoisotopic (exact) mass is 222 g/mol. The molecule has 0 heteroatoms. The zero-order valence-electron chi connectivity index (χ0n) is 10.3. The molecule has 0 saturated carbocycles. The molecule has 0 heterocycles. The second-order valence-electron chi connectivity index (χ2n) is 4.50. The molecule has 2 rings (SSSR count). The largest absolute Gasteiger partial charge is 0.0918 e. The second-order valence-corrected chi connectivity index (χ2v) is 4.50. The van der Waals surface area contributed by atoms with E-state index in [4.69, 9.17) is 0 Å². The van der Waals surface area contributed by atoms with E-state index in [1.165, 1.54) is 16.7 Å². The van der Waals surface area contributed by atoms with Crippen LogP contribution in [0.1, 0.15) is 18.1 Å². The minimum absolute atomic E-state index is 1.00. The first-order valence-electron chi connectivity index (χ1n) is 6.02. The van der Waals surface area contributed by atoms with Crippen molar-refractivity contribution < 1.29 is 0 Å². The number of allylic oxidation sites excluding steroid dienone is 7. The molecule has 0 aromatic heterocycles. The van der Waals surface area contributed by atoms with Gasteiger partial charge in [-0.2, -0.15) is 0 Å². The lowest BCUT2D eigenvalue weighted by atomic mass is 9.98. The van der Waals surface area contributed by atoms with Gasteiger partial charge in [-0.05, 0) is 36.5 Å². The van der Waals surface area contributed by atoms with Crippen molar-refractivity contribution in [1.29, 1.82) is 0 Å². The molecule has 0 unspecified atom stereocenters. The normalized spacial score (nSPS) is 22.9. The molecular formula is C17H18. The summed E-state index contributed by atoms with van der Waals surface area (Å²) in [6.45, 7) is 6.20. The summed E-state index contributed by atoms with van der Waals surface area (Å²) in [5.74, 6) is 0. The molecule has 1 aromatic rings. The van der Waals surface area contributed by atoms with E-state index in [0.717, 1.165) is 18.4 Å². The number of rotatable bonds is 0. The highest BCUT2D eigenvalue weighted by Gasteiger charge is 2.01. The molecular weight excluding hydrogens is 204 g/mol. The summed E-state index contributed by atoms with van der Waals surface area (Å²) in [5, 5.41) is 0. The van der Waals surface area contributed by atoms with Crippen LogP contribution in [-0.2, 0) is 12.8 Å². The standard InChI is InChI=1S/C17H18/c1-14-8-4-3-5-9-16-10-6-7-11-17(16)13-15(2)12-14/h3-8,10-12H,1,9,13H2,2H3/b5-3-,8-4-,15-12-. The Bertz CT molecular complexity index is 499. The first-order chi connectivity index (χ1) is 8.25. The van der Waals surface area contributed by atoms with Crippen molar-refractivity contribution in [3.8, 4) is 0 Å². The van der Waals surface area contributed by atoms with Gasteiger partial charge in [0, 0.05) is 0 Å². The molecule has 17 heavy (non-hydrogen) atoms. The predicted molar refractivity (Wildman–Crippen MR) is 75.0 cm³/mol. The van der Waals surface area contributed by atoms with Crippen molar-refractivity contribution in [2.45, 2.75) is 19.8 Å². The summed E-state index contributed by atoms with van der Waals surface area (Å²) < 4.78 is 0. The smallest absolute Gasteiger partial charge is 0.00637 e. The molecule has 0 spiro atoms. The lowest BCUT2D eigenvalue weighted by molar-refractivity contribution is 1.09. The molecule has 0 N–H and O–H groups in total. The van der Waals surface area contributed by atoms with Gasteiger partial charge in [-0.1, -0.05) is 66.8 Å². The van der Waals surface area contributed by atoms with Crippen molar-refractivity contribution in [2.75, 3.05) is 0 Å². The number of hydrogen-bond acceptors (Lipinski definition) is 0. The summed E-state index contributed by atoms with van der Waals surface area (Å²) in [4.78, 5) is 0. The molecule has 1 aromatic carbocycles. The van der Waals surface area contributed by atoms with Gasteiger partial charge in [-0.3, -0.25) is 0 Å². The predicted octanol–water partition coefficient (Wildman–Crippen LogP) is 4.40. The topological polar surface area (TPSA) is 0 Å². The maximum absolute atomic E-state index is 4.03. The molecule has 0 atom stereocenters. The Morgan fingerprint density at radius 2 is 1.82 bits per heavy atom. The van der Waals surface area contributed by atoms with Crippen LogP contribution in [0.3, 0.4) is 0 Å². The lowest BCUT2D eigenvalue weighted by Crippen LogP contribution is -1.94. The minimum Gasteiger partial charge on any atom is -0.0918 e. The molecule has 0 amide bonds. The Labute approximate surface area is 104 Å². The first kappa shape index (κ1) is 11.7. The van der Waals surface area contributed by atoms with E-state index in [-0.39, 0.29) is 0 Å². The Morgan fingerprint density at radius 3 is 2.65 bits per heavy atom. The average Bonchev–Trinajstić information content (AvgIpc) is 2.32. The Morgan fingerprint density at radius 1 is 1.06 bits per heavy atom. The lowest BCUT2D eigenvalue weighted by Gasteiger charge is -2.08. The van der Waals surface area contributed by atoms with Crippen LogP contribution in [0.15, 0.2) is 72.4 Å². The average molecular weight is 222 g/mol. The summed E-state index contributed by atoms with van der Waals surface area (Å²) in [5.41, 5.74) is 5.25. The molecule has 0 saturated heterocycles. The van der Waals surface area contributed by atoms with Gasteiger partial charge in [0.15, 0.2) is 0 Å². The maximum atomic E-state index is 4.03. The van der Waals surface area contributed by atoms with Crippen molar-refractivity contribution in [3.63, 3.8) is 0 Å². The molecule has 1 aliphatic rings. The summed E-state index contributed by atoms with van der Waals surface area (Å²) in [6, 6.07) is 8.65. The van der Waals surface area contributed by atoms with Crippen molar-refractivity contribution >= 4 is 0 Å². The fourth-order valence-electron chi connectivity index (χ4n) is 2.10. The highest BCUT2D eigenvalue weighted by molar-refractivity contribution is 5.38. The van der Waals surface area contributed by atoms with Crippen LogP contribution >= 0.6 is 0 Å². The number of fused-ring (bicyclic) bond motifs is 1. The highest BCUT2D eigenvalue weighted by atomic mass is 14.1. The van der Waals surface area contributed by atoms with Crippen molar-refractivity contribution in [1.82, 2.24) is 0 Å². The number of hydrogen-bond donors (Lipinski definition) is 0. The van der Waals surface area contributed by atoms with Crippen LogP contribution in [0.5, 0.6) is 0 Å². The summed E-state index contributed by atoms with van der Waals surface area (Å²) in [7, 11) is 0. The van der Waals surface area contributed by atoms with Gasteiger partial charge < -0.3 is 0 Å².